The van der Waals surface area contributed by atoms with Gasteiger partial charge in [-0.15, -0.1) is 0 Å². The first kappa shape index (κ1) is 26.0. The van der Waals surface area contributed by atoms with Crippen LogP contribution in [0.25, 0.3) is 0 Å². The third-order valence-electron chi connectivity index (χ3n) is 3.67. The predicted molar refractivity (Wildman–Crippen MR) is 118 cm³/mol. The molecule has 0 unspecified atom stereocenters. The lowest BCUT2D eigenvalue weighted by Crippen LogP contribution is -2.48. The summed E-state index contributed by atoms with van der Waals surface area (Å²) in [6.45, 7) is 4.30. The van der Waals surface area contributed by atoms with Crippen molar-refractivity contribution in [3.05, 3.63) is 29.8 Å². The first-order valence-electron chi connectivity index (χ1n) is 9.66. The molecule has 3 amide bonds. The van der Waals surface area contributed by atoms with Crippen LogP contribution in [0, 0.1) is 5.92 Å². The van der Waals surface area contributed by atoms with Gasteiger partial charge in [0.15, 0.2) is 5.11 Å². The number of ether oxygens (including phenoxy) is 2. The number of hydrogen-bond donors (Lipinski definition) is 4. The van der Waals surface area contributed by atoms with E-state index < -0.39 is 17.8 Å². The Hall–Kier alpha value is -3.05. The molecule has 1 rings (SSSR count). The Kier molecular flexibility index (Phi) is 11.8. The monoisotopic (exact) mass is 452 g/mol. The van der Waals surface area contributed by atoms with Crippen LogP contribution in [0.1, 0.15) is 43.5 Å². The van der Waals surface area contributed by atoms with Crippen molar-refractivity contribution >= 4 is 46.7 Å². The van der Waals surface area contributed by atoms with Gasteiger partial charge in [0, 0.05) is 31.2 Å². The van der Waals surface area contributed by atoms with Crippen LogP contribution in [0.4, 0.5) is 5.69 Å². The number of hydrazine groups is 1. The van der Waals surface area contributed by atoms with Crippen LogP contribution in [0.3, 0.4) is 0 Å². The van der Waals surface area contributed by atoms with E-state index >= 15 is 0 Å². The minimum Gasteiger partial charge on any atom is -0.463 e. The zero-order chi connectivity index (χ0) is 23.2. The van der Waals surface area contributed by atoms with E-state index in [2.05, 4.69) is 21.5 Å². The van der Waals surface area contributed by atoms with Crippen LogP contribution in [-0.4, -0.2) is 49.1 Å². The molecule has 4 N–H and O–H groups in total. The number of esters is 1. The summed E-state index contributed by atoms with van der Waals surface area (Å²) < 4.78 is 9.59. The normalized spacial score (nSPS) is 10.2. The number of methoxy groups -OCH3 is 1. The summed E-state index contributed by atoms with van der Waals surface area (Å²) in [5.74, 6) is -1.37. The number of hydrogen-bond acceptors (Lipinski definition) is 7. The Morgan fingerprint density at radius 2 is 1.65 bits per heavy atom. The predicted octanol–water partition coefficient (Wildman–Crippen LogP) is 1.28. The smallest absolute Gasteiger partial charge is 0.306 e. The Labute approximate surface area is 186 Å². The van der Waals surface area contributed by atoms with Crippen molar-refractivity contribution in [3.8, 4) is 0 Å². The molecule has 1 aromatic rings. The van der Waals surface area contributed by atoms with Crippen molar-refractivity contribution in [2.75, 3.05) is 25.6 Å². The second-order valence-electron chi connectivity index (χ2n) is 6.89. The van der Waals surface area contributed by atoms with E-state index in [1.54, 1.807) is 24.3 Å². The number of benzene rings is 1. The molecule has 0 atom stereocenters. The number of anilines is 1. The number of carbonyl (C=O) groups is 4. The first-order valence-corrected chi connectivity index (χ1v) is 10.1. The quantitative estimate of drug-likeness (QED) is 0.180. The van der Waals surface area contributed by atoms with Gasteiger partial charge in [-0.2, -0.15) is 0 Å². The number of amides is 3. The molecule has 0 aromatic heterocycles. The van der Waals surface area contributed by atoms with E-state index in [9.17, 15) is 19.2 Å². The summed E-state index contributed by atoms with van der Waals surface area (Å²) in [7, 11) is 1.48. The third kappa shape index (κ3) is 11.6. The Balaban J connectivity index is 2.34. The van der Waals surface area contributed by atoms with Gasteiger partial charge in [0.2, 0.25) is 11.8 Å². The average molecular weight is 453 g/mol. The molecular formula is C20H28N4O6S. The Morgan fingerprint density at radius 3 is 2.26 bits per heavy atom. The lowest BCUT2D eigenvalue weighted by molar-refractivity contribution is -0.146. The van der Waals surface area contributed by atoms with Gasteiger partial charge in [0.1, 0.15) is 6.61 Å². The van der Waals surface area contributed by atoms with Gasteiger partial charge in [-0.3, -0.25) is 30.0 Å². The van der Waals surface area contributed by atoms with E-state index in [0.717, 1.165) is 0 Å². The number of rotatable bonds is 10. The minimum atomic E-state index is -0.525. The lowest BCUT2D eigenvalue weighted by atomic mass is 10.1. The van der Waals surface area contributed by atoms with E-state index in [4.69, 9.17) is 21.7 Å². The maximum Gasteiger partial charge on any atom is 0.306 e. The van der Waals surface area contributed by atoms with Crippen molar-refractivity contribution in [1.82, 2.24) is 16.2 Å². The SMILES string of the molecule is COCCOC(=O)CCC(=O)NC(=S)NNC(=O)c1ccc(NC(=O)CC(C)C)cc1. The summed E-state index contributed by atoms with van der Waals surface area (Å²) in [5, 5.41) is 4.97. The molecule has 1 aromatic carbocycles. The molecule has 0 radical (unpaired) electrons. The molecular weight excluding hydrogens is 424 g/mol. The number of thiocarbonyl (C=S) groups is 1. The standard InChI is InChI=1S/C20H28N4O6S/c1-13(2)12-17(26)21-15-6-4-14(5-7-15)19(28)23-24-20(31)22-16(25)8-9-18(27)30-11-10-29-3/h4-7,13H,8-12H2,1-3H3,(H,21,26)(H,23,28)(H2,22,24,25,31). The zero-order valence-electron chi connectivity index (χ0n) is 17.8. The van der Waals surface area contributed by atoms with Gasteiger partial charge in [-0.1, -0.05) is 13.8 Å². The van der Waals surface area contributed by atoms with Gasteiger partial charge in [-0.25, -0.2) is 0 Å². The minimum absolute atomic E-state index is 0.0989. The number of nitrogens with one attached hydrogen (secondary N) is 4. The van der Waals surface area contributed by atoms with E-state index in [1.165, 1.54) is 7.11 Å². The van der Waals surface area contributed by atoms with E-state index in [-0.39, 0.29) is 43.0 Å². The van der Waals surface area contributed by atoms with Crippen molar-refractivity contribution in [2.24, 2.45) is 5.92 Å². The van der Waals surface area contributed by atoms with Crippen molar-refractivity contribution < 1.29 is 28.7 Å². The molecule has 0 aliphatic rings. The first-order chi connectivity index (χ1) is 14.7. The fraction of sp³-hybridized carbons (Fsp3) is 0.450. The second-order valence-corrected chi connectivity index (χ2v) is 7.30. The molecule has 0 saturated heterocycles. The number of carbonyl (C=O) groups excluding carboxylic acids is 4. The average Bonchev–Trinajstić information content (AvgIpc) is 2.70. The van der Waals surface area contributed by atoms with Crippen LogP contribution in [0.15, 0.2) is 24.3 Å². The maximum atomic E-state index is 12.1. The highest BCUT2D eigenvalue weighted by Gasteiger charge is 2.11. The molecule has 31 heavy (non-hydrogen) atoms. The fourth-order valence-electron chi connectivity index (χ4n) is 2.22. The second kappa shape index (κ2) is 14.0. The maximum absolute atomic E-state index is 12.1. The molecule has 0 aliphatic heterocycles. The van der Waals surface area contributed by atoms with E-state index in [1.807, 2.05) is 13.8 Å². The lowest BCUT2D eigenvalue weighted by Gasteiger charge is -2.11. The van der Waals surface area contributed by atoms with Crippen LogP contribution >= 0.6 is 12.2 Å². The van der Waals surface area contributed by atoms with Gasteiger partial charge in [-0.05, 0) is 42.4 Å². The summed E-state index contributed by atoms with van der Waals surface area (Å²) in [6, 6.07) is 6.30. The molecule has 10 nitrogen and oxygen atoms in total. The summed E-state index contributed by atoms with van der Waals surface area (Å²) >= 11 is 4.93. The van der Waals surface area contributed by atoms with Crippen LogP contribution in [0.2, 0.25) is 0 Å². The Morgan fingerprint density at radius 1 is 0.968 bits per heavy atom. The van der Waals surface area contributed by atoms with Gasteiger partial charge >= 0.3 is 5.97 Å². The molecule has 11 heteroatoms. The van der Waals surface area contributed by atoms with Gasteiger partial charge in [0.05, 0.1) is 13.0 Å². The molecule has 0 saturated carbocycles. The van der Waals surface area contributed by atoms with Crippen molar-refractivity contribution in [1.29, 1.82) is 0 Å². The molecule has 0 spiro atoms. The van der Waals surface area contributed by atoms with E-state index in [0.29, 0.717) is 17.7 Å². The molecule has 0 aliphatic carbocycles. The summed E-state index contributed by atoms with van der Waals surface area (Å²) in [6.07, 6.45) is 0.181. The highest BCUT2D eigenvalue weighted by molar-refractivity contribution is 7.80. The molecule has 170 valence electrons. The fourth-order valence-corrected chi connectivity index (χ4v) is 2.39. The van der Waals surface area contributed by atoms with Crippen LogP contribution in [-0.2, 0) is 23.9 Å². The molecule has 0 heterocycles. The third-order valence-corrected chi connectivity index (χ3v) is 3.88. The topological polar surface area (TPSA) is 135 Å². The van der Waals surface area contributed by atoms with Crippen molar-refractivity contribution in [3.63, 3.8) is 0 Å². The van der Waals surface area contributed by atoms with Gasteiger partial charge < -0.3 is 20.1 Å². The highest BCUT2D eigenvalue weighted by atomic mass is 32.1. The largest absolute Gasteiger partial charge is 0.463 e. The van der Waals surface area contributed by atoms with Crippen molar-refractivity contribution in [2.45, 2.75) is 33.1 Å². The highest BCUT2D eigenvalue weighted by Crippen LogP contribution is 2.11. The Bertz CT molecular complexity index is 782. The summed E-state index contributed by atoms with van der Waals surface area (Å²) in [5.41, 5.74) is 5.66. The van der Waals surface area contributed by atoms with Gasteiger partial charge in [0.25, 0.3) is 5.91 Å². The zero-order valence-corrected chi connectivity index (χ0v) is 18.6. The summed E-state index contributed by atoms with van der Waals surface area (Å²) in [4.78, 5) is 47.1. The molecule has 0 bridgehead atoms. The van der Waals surface area contributed by atoms with Crippen LogP contribution < -0.4 is 21.5 Å². The van der Waals surface area contributed by atoms with Crippen LogP contribution in [0.5, 0.6) is 0 Å². The molecule has 0 fully saturated rings.